The summed E-state index contributed by atoms with van der Waals surface area (Å²) in [5.41, 5.74) is -1.48. The van der Waals surface area contributed by atoms with Crippen molar-refractivity contribution in [1.29, 1.82) is 0 Å². The highest BCUT2D eigenvalue weighted by Gasteiger charge is 2.51. The van der Waals surface area contributed by atoms with Gasteiger partial charge in [0.2, 0.25) is 0 Å². The molecule has 35 heavy (non-hydrogen) atoms. The number of imide groups is 1. The molecule has 2 atom stereocenters. The zero-order valence-corrected chi connectivity index (χ0v) is 18.1. The Morgan fingerprint density at radius 3 is 2.14 bits per heavy atom. The van der Waals surface area contributed by atoms with Crippen molar-refractivity contribution in [3.05, 3.63) is 92.0 Å². The normalized spacial score (nSPS) is 18.8. The second kappa shape index (κ2) is 9.25. The lowest BCUT2D eigenvalue weighted by Crippen LogP contribution is -2.52. The van der Waals surface area contributed by atoms with E-state index in [1.807, 2.05) is 0 Å². The number of para-hydroxylation sites is 1. The molecular weight excluding hydrogens is 460 g/mol. The highest BCUT2D eigenvalue weighted by molar-refractivity contribution is 6.10. The smallest absolute Gasteiger partial charge is 0.282 e. The number of amides is 3. The predicted octanol–water partition coefficient (Wildman–Crippen LogP) is 2.69. The van der Waals surface area contributed by atoms with Gasteiger partial charge in [0.25, 0.3) is 29.1 Å². The van der Waals surface area contributed by atoms with Gasteiger partial charge in [0.1, 0.15) is 12.1 Å². The molecule has 2 aromatic rings. The number of ketones is 1. The number of fused-ring (bicyclic) bond motifs is 1. The zero-order valence-electron chi connectivity index (χ0n) is 18.1. The van der Waals surface area contributed by atoms with E-state index in [0.717, 1.165) is 18.2 Å². The molecule has 1 aliphatic carbocycles. The molecule has 0 aromatic heterocycles. The summed E-state index contributed by atoms with van der Waals surface area (Å²) in [5, 5.41) is 23.8. The molecule has 1 aliphatic heterocycles. The van der Waals surface area contributed by atoms with Gasteiger partial charge in [-0.25, -0.2) is 5.01 Å². The van der Waals surface area contributed by atoms with Gasteiger partial charge < -0.3 is 0 Å². The molecule has 0 unspecified atom stereocenters. The number of benzene rings is 2. The van der Waals surface area contributed by atoms with Crippen molar-refractivity contribution in [2.75, 3.05) is 6.54 Å². The number of hydrogen-bond acceptors (Lipinski definition) is 8. The maximum Gasteiger partial charge on any atom is 0.282 e. The second-order valence-corrected chi connectivity index (χ2v) is 8.01. The highest BCUT2D eigenvalue weighted by atomic mass is 16.6. The molecular formula is C23H18N4O8. The van der Waals surface area contributed by atoms with Gasteiger partial charge in [-0.15, -0.1) is 0 Å². The van der Waals surface area contributed by atoms with Crippen LogP contribution in [-0.4, -0.2) is 49.9 Å². The van der Waals surface area contributed by atoms with Crippen LogP contribution in [0.15, 0.2) is 60.7 Å². The Balaban J connectivity index is 1.75. The summed E-state index contributed by atoms with van der Waals surface area (Å²) >= 11 is 0. The van der Waals surface area contributed by atoms with Crippen molar-refractivity contribution in [3.63, 3.8) is 0 Å². The molecule has 1 fully saturated rings. The first-order valence-electron chi connectivity index (χ1n) is 10.6. The molecule has 0 spiro atoms. The van der Waals surface area contributed by atoms with Crippen molar-refractivity contribution in [1.82, 2.24) is 10.0 Å². The lowest BCUT2D eigenvalue weighted by atomic mass is 9.85. The third kappa shape index (κ3) is 4.28. The summed E-state index contributed by atoms with van der Waals surface area (Å²) in [7, 11) is 0. The molecule has 2 aromatic carbocycles. The van der Waals surface area contributed by atoms with E-state index in [2.05, 4.69) is 0 Å². The van der Waals surface area contributed by atoms with Crippen LogP contribution in [0.25, 0.3) is 0 Å². The number of carbonyl (C=O) groups is 4. The monoisotopic (exact) mass is 478 g/mol. The van der Waals surface area contributed by atoms with E-state index in [-0.39, 0.29) is 24.1 Å². The van der Waals surface area contributed by atoms with E-state index >= 15 is 0 Å². The first-order chi connectivity index (χ1) is 16.7. The number of carbonyl (C=O) groups excluding carboxylic acids is 4. The van der Waals surface area contributed by atoms with Crippen molar-refractivity contribution >= 4 is 34.9 Å². The van der Waals surface area contributed by atoms with Crippen molar-refractivity contribution in [3.8, 4) is 0 Å². The van der Waals surface area contributed by atoms with Gasteiger partial charge in [0.05, 0.1) is 21.7 Å². The lowest BCUT2D eigenvalue weighted by Gasteiger charge is -2.30. The summed E-state index contributed by atoms with van der Waals surface area (Å²) < 4.78 is 0. The summed E-state index contributed by atoms with van der Waals surface area (Å²) in [4.78, 5) is 74.0. The largest absolute Gasteiger partial charge is 0.292 e. The summed E-state index contributed by atoms with van der Waals surface area (Å²) in [6.07, 6.45) is 4.05. The van der Waals surface area contributed by atoms with E-state index in [1.165, 1.54) is 30.3 Å². The number of hydrogen-bond donors (Lipinski definition) is 0. The van der Waals surface area contributed by atoms with Crippen LogP contribution in [0.4, 0.5) is 11.4 Å². The van der Waals surface area contributed by atoms with Gasteiger partial charge in [0, 0.05) is 23.8 Å². The van der Waals surface area contributed by atoms with Crippen LogP contribution >= 0.6 is 0 Å². The van der Waals surface area contributed by atoms with Gasteiger partial charge in [0.15, 0.2) is 5.78 Å². The molecule has 178 valence electrons. The molecule has 0 saturated carbocycles. The lowest BCUT2D eigenvalue weighted by molar-refractivity contribution is -0.385. The molecule has 12 nitrogen and oxygen atoms in total. The van der Waals surface area contributed by atoms with Crippen LogP contribution in [0.1, 0.15) is 33.6 Å². The summed E-state index contributed by atoms with van der Waals surface area (Å²) in [5.74, 6) is -4.71. The van der Waals surface area contributed by atoms with Crippen LogP contribution < -0.4 is 0 Å². The van der Waals surface area contributed by atoms with Crippen LogP contribution in [0.3, 0.4) is 0 Å². The fourth-order valence-electron chi connectivity index (χ4n) is 4.23. The molecule has 12 heteroatoms. The molecule has 2 aliphatic rings. The highest BCUT2D eigenvalue weighted by Crippen LogP contribution is 2.36. The second-order valence-electron chi connectivity index (χ2n) is 8.01. The van der Waals surface area contributed by atoms with E-state index < -0.39 is 63.0 Å². The summed E-state index contributed by atoms with van der Waals surface area (Å²) in [6.45, 7) is -0.837. The topological polar surface area (TPSA) is 161 Å². The standard InChI is InChI=1S/C23H18N4O8/c28-20(14-6-5-7-15(12-14)26(32)33)13-24(21(29)18-10-3-4-11-19(18)27(34)35)25-22(30)16-8-1-2-9-17(16)23(25)31/h1-7,10-12,16-17H,8-9,13H2/t16-,17-/m0/s1. The number of non-ortho nitro benzene ring substituents is 1. The average Bonchev–Trinajstić information content (AvgIpc) is 3.12. The minimum absolute atomic E-state index is 0.127. The minimum Gasteiger partial charge on any atom is -0.292 e. The molecule has 3 amide bonds. The molecule has 0 bridgehead atoms. The maximum absolute atomic E-state index is 13.5. The molecule has 1 saturated heterocycles. The fourth-order valence-corrected chi connectivity index (χ4v) is 4.23. The SMILES string of the molecule is O=C(CN(C(=O)c1ccccc1[N+](=O)[O-])N1C(=O)[C@H]2CC=CC[C@@H]2C1=O)c1cccc([N+](=O)[O-])c1. The van der Waals surface area contributed by atoms with Crippen LogP contribution in [-0.2, 0) is 9.59 Å². The zero-order chi connectivity index (χ0) is 25.3. The van der Waals surface area contributed by atoms with E-state index in [9.17, 15) is 39.4 Å². The summed E-state index contributed by atoms with van der Waals surface area (Å²) in [6, 6.07) is 9.73. The Morgan fingerprint density at radius 2 is 1.54 bits per heavy atom. The average molecular weight is 478 g/mol. The Labute approximate surface area is 197 Å². The number of hydrazine groups is 1. The van der Waals surface area contributed by atoms with Crippen LogP contribution in [0.5, 0.6) is 0 Å². The van der Waals surface area contributed by atoms with Gasteiger partial charge in [-0.1, -0.05) is 36.4 Å². The van der Waals surface area contributed by atoms with Crippen molar-refractivity contribution in [2.45, 2.75) is 12.8 Å². The third-order valence-electron chi connectivity index (χ3n) is 5.96. The number of nitro benzene ring substituents is 2. The first-order valence-corrected chi connectivity index (χ1v) is 10.6. The van der Waals surface area contributed by atoms with Crippen LogP contribution in [0, 0.1) is 32.1 Å². The molecule has 0 N–H and O–H groups in total. The fraction of sp³-hybridized carbons (Fsp3) is 0.217. The maximum atomic E-state index is 13.5. The third-order valence-corrected chi connectivity index (χ3v) is 5.96. The van der Waals surface area contributed by atoms with Crippen molar-refractivity contribution in [2.24, 2.45) is 11.8 Å². The Bertz CT molecular complexity index is 1280. The van der Waals surface area contributed by atoms with Crippen molar-refractivity contribution < 1.29 is 29.0 Å². The first kappa shape index (κ1) is 23.4. The van der Waals surface area contributed by atoms with E-state index in [4.69, 9.17) is 0 Å². The number of allylic oxidation sites excluding steroid dienone is 2. The van der Waals surface area contributed by atoms with Gasteiger partial charge >= 0.3 is 0 Å². The van der Waals surface area contributed by atoms with E-state index in [1.54, 1.807) is 12.2 Å². The number of rotatable bonds is 7. The molecule has 4 rings (SSSR count). The molecule has 0 radical (unpaired) electrons. The van der Waals surface area contributed by atoms with E-state index in [0.29, 0.717) is 10.0 Å². The van der Waals surface area contributed by atoms with Gasteiger partial charge in [-0.2, -0.15) is 5.01 Å². The quantitative estimate of drug-likeness (QED) is 0.193. The Morgan fingerprint density at radius 1 is 0.914 bits per heavy atom. The predicted molar refractivity (Wildman–Crippen MR) is 119 cm³/mol. The van der Waals surface area contributed by atoms with Gasteiger partial charge in [-0.05, 0) is 18.9 Å². The Hall–Kier alpha value is -4.74. The minimum atomic E-state index is -1.09. The Kier molecular flexibility index (Phi) is 6.19. The van der Waals surface area contributed by atoms with Crippen LogP contribution in [0.2, 0.25) is 0 Å². The number of Topliss-reactive ketones (excluding diaryl/α,β-unsaturated/α-hetero) is 1. The van der Waals surface area contributed by atoms with Gasteiger partial charge in [-0.3, -0.25) is 39.4 Å². The number of nitrogens with zero attached hydrogens (tertiary/aromatic N) is 4. The molecule has 1 heterocycles. The number of nitro groups is 2.